The Morgan fingerprint density at radius 3 is 1.38 bits per heavy atom. The predicted molar refractivity (Wildman–Crippen MR) is 103 cm³/mol. The molecule has 1 aliphatic carbocycles. The predicted octanol–water partition coefficient (Wildman–Crippen LogP) is 3.77. The third-order valence-electron chi connectivity index (χ3n) is 5.03. The second kappa shape index (κ2) is 8.17. The quantitative estimate of drug-likeness (QED) is 0.882. The number of rotatable bonds is 4. The Morgan fingerprint density at radius 1 is 0.692 bits per heavy atom. The maximum absolute atomic E-state index is 12.5. The molecule has 1 aliphatic rings. The molecular formula is C22H26N2O2. The molecule has 2 atom stereocenters. The average molecular weight is 350 g/mol. The number of nitrogens with one attached hydrogen (secondary N) is 2. The summed E-state index contributed by atoms with van der Waals surface area (Å²) in [4.78, 5) is 25.1. The number of hydrogen-bond donors (Lipinski definition) is 2. The van der Waals surface area contributed by atoms with E-state index in [0.717, 1.165) is 36.8 Å². The fourth-order valence-corrected chi connectivity index (χ4v) is 3.39. The van der Waals surface area contributed by atoms with E-state index in [-0.39, 0.29) is 23.9 Å². The van der Waals surface area contributed by atoms with Gasteiger partial charge in [-0.2, -0.15) is 0 Å². The molecule has 1 saturated carbocycles. The van der Waals surface area contributed by atoms with Gasteiger partial charge in [-0.1, -0.05) is 48.2 Å². The Bertz CT molecular complexity index is 698. The van der Waals surface area contributed by atoms with Crippen LogP contribution in [0.15, 0.2) is 48.5 Å². The van der Waals surface area contributed by atoms with Gasteiger partial charge in [-0.05, 0) is 51.0 Å². The van der Waals surface area contributed by atoms with E-state index in [9.17, 15) is 9.59 Å². The summed E-state index contributed by atoms with van der Waals surface area (Å²) in [5.74, 6) is -0.155. The van der Waals surface area contributed by atoms with Crippen LogP contribution in [0.4, 0.5) is 0 Å². The van der Waals surface area contributed by atoms with Crippen molar-refractivity contribution in [2.75, 3.05) is 0 Å². The molecule has 0 saturated heterocycles. The molecule has 0 bridgehead atoms. The monoisotopic (exact) mass is 350 g/mol. The summed E-state index contributed by atoms with van der Waals surface area (Å²) in [6.45, 7) is 4.00. The van der Waals surface area contributed by atoms with Crippen LogP contribution < -0.4 is 10.6 Å². The highest BCUT2D eigenvalue weighted by Gasteiger charge is 2.28. The molecule has 2 amide bonds. The molecule has 0 unspecified atom stereocenters. The highest BCUT2D eigenvalue weighted by molar-refractivity contribution is 5.95. The Balaban J connectivity index is 1.65. The number of aryl methyl sites for hydroxylation is 2. The van der Waals surface area contributed by atoms with Gasteiger partial charge in [0.15, 0.2) is 0 Å². The van der Waals surface area contributed by atoms with Gasteiger partial charge in [0.2, 0.25) is 0 Å². The van der Waals surface area contributed by atoms with E-state index in [1.807, 2.05) is 62.4 Å². The van der Waals surface area contributed by atoms with Crippen LogP contribution in [-0.4, -0.2) is 23.9 Å². The van der Waals surface area contributed by atoms with Crippen molar-refractivity contribution in [3.63, 3.8) is 0 Å². The third kappa shape index (κ3) is 4.51. The zero-order valence-corrected chi connectivity index (χ0v) is 15.4. The molecule has 4 nitrogen and oxygen atoms in total. The van der Waals surface area contributed by atoms with E-state index in [0.29, 0.717) is 11.1 Å². The lowest BCUT2D eigenvalue weighted by Crippen LogP contribution is -2.53. The summed E-state index contributed by atoms with van der Waals surface area (Å²) < 4.78 is 0. The van der Waals surface area contributed by atoms with Crippen molar-refractivity contribution in [2.45, 2.75) is 51.6 Å². The topological polar surface area (TPSA) is 58.2 Å². The Kier molecular flexibility index (Phi) is 5.71. The molecule has 2 aromatic rings. The number of amides is 2. The molecule has 0 heterocycles. The number of carbonyl (C=O) groups excluding carboxylic acids is 2. The van der Waals surface area contributed by atoms with Gasteiger partial charge in [0.25, 0.3) is 11.8 Å². The molecule has 2 aromatic carbocycles. The van der Waals surface area contributed by atoms with E-state index in [1.165, 1.54) is 0 Å². The van der Waals surface area contributed by atoms with Gasteiger partial charge in [-0.3, -0.25) is 9.59 Å². The first kappa shape index (κ1) is 18.2. The smallest absolute Gasteiger partial charge is 0.251 e. The molecular weight excluding hydrogens is 324 g/mol. The summed E-state index contributed by atoms with van der Waals surface area (Å²) in [7, 11) is 0. The third-order valence-corrected chi connectivity index (χ3v) is 5.03. The SMILES string of the molecule is Cc1ccc(C(=O)N[C@@H]2CCCC[C@H]2NC(=O)c2ccc(C)cc2)cc1. The normalized spacial score (nSPS) is 19.6. The summed E-state index contributed by atoms with van der Waals surface area (Å²) in [5, 5.41) is 6.23. The molecule has 0 spiro atoms. The molecule has 2 N–H and O–H groups in total. The first-order chi connectivity index (χ1) is 12.5. The highest BCUT2D eigenvalue weighted by atomic mass is 16.2. The molecule has 1 fully saturated rings. The Labute approximate surface area is 155 Å². The van der Waals surface area contributed by atoms with Crippen LogP contribution >= 0.6 is 0 Å². The van der Waals surface area contributed by atoms with Crippen molar-refractivity contribution in [3.8, 4) is 0 Å². The van der Waals surface area contributed by atoms with Crippen molar-refractivity contribution in [3.05, 3.63) is 70.8 Å². The van der Waals surface area contributed by atoms with Crippen molar-refractivity contribution in [2.24, 2.45) is 0 Å². The summed E-state index contributed by atoms with van der Waals surface area (Å²) in [6, 6.07) is 15.0. The van der Waals surface area contributed by atoms with Crippen molar-refractivity contribution >= 4 is 11.8 Å². The molecule has 3 rings (SSSR count). The van der Waals surface area contributed by atoms with Crippen LogP contribution in [0.3, 0.4) is 0 Å². The lowest BCUT2D eigenvalue weighted by molar-refractivity contribution is 0.0863. The molecule has 26 heavy (non-hydrogen) atoms. The van der Waals surface area contributed by atoms with Crippen molar-refractivity contribution < 1.29 is 9.59 Å². The Morgan fingerprint density at radius 2 is 1.04 bits per heavy atom. The minimum atomic E-state index is -0.0773. The fourth-order valence-electron chi connectivity index (χ4n) is 3.39. The van der Waals surface area contributed by atoms with Gasteiger partial charge in [0, 0.05) is 23.2 Å². The number of carbonyl (C=O) groups is 2. The van der Waals surface area contributed by atoms with E-state index in [1.54, 1.807) is 0 Å². The van der Waals surface area contributed by atoms with Crippen LogP contribution in [0.2, 0.25) is 0 Å². The number of benzene rings is 2. The van der Waals surface area contributed by atoms with Crippen LogP contribution in [-0.2, 0) is 0 Å². The Hall–Kier alpha value is -2.62. The fraction of sp³-hybridized carbons (Fsp3) is 0.364. The van der Waals surface area contributed by atoms with E-state index < -0.39 is 0 Å². The summed E-state index contributed by atoms with van der Waals surface area (Å²) >= 11 is 0. The average Bonchev–Trinajstić information content (AvgIpc) is 2.64. The van der Waals surface area contributed by atoms with Gasteiger partial charge in [0.05, 0.1) is 0 Å². The zero-order valence-electron chi connectivity index (χ0n) is 15.4. The molecule has 0 aromatic heterocycles. The molecule has 0 aliphatic heterocycles. The van der Waals surface area contributed by atoms with E-state index in [4.69, 9.17) is 0 Å². The minimum Gasteiger partial charge on any atom is -0.347 e. The summed E-state index contributed by atoms with van der Waals surface area (Å²) in [6.07, 6.45) is 3.90. The zero-order chi connectivity index (χ0) is 18.5. The number of hydrogen-bond acceptors (Lipinski definition) is 2. The minimum absolute atomic E-state index is 0.0352. The second-order valence-electron chi connectivity index (χ2n) is 7.18. The van der Waals surface area contributed by atoms with Crippen LogP contribution in [0, 0.1) is 13.8 Å². The first-order valence-electron chi connectivity index (χ1n) is 9.28. The van der Waals surface area contributed by atoms with Crippen molar-refractivity contribution in [1.29, 1.82) is 0 Å². The van der Waals surface area contributed by atoms with Crippen molar-refractivity contribution in [1.82, 2.24) is 10.6 Å². The molecule has 4 heteroatoms. The van der Waals surface area contributed by atoms with Crippen LogP contribution in [0.25, 0.3) is 0 Å². The summed E-state index contributed by atoms with van der Waals surface area (Å²) in [5.41, 5.74) is 3.57. The van der Waals surface area contributed by atoms with E-state index >= 15 is 0 Å². The maximum atomic E-state index is 12.5. The van der Waals surface area contributed by atoms with E-state index in [2.05, 4.69) is 10.6 Å². The largest absolute Gasteiger partial charge is 0.347 e. The van der Waals surface area contributed by atoms with Gasteiger partial charge in [-0.25, -0.2) is 0 Å². The standard InChI is InChI=1S/C22H26N2O2/c1-15-7-11-17(12-8-15)21(25)23-19-5-3-4-6-20(19)24-22(26)18-13-9-16(2)10-14-18/h7-14,19-20H,3-6H2,1-2H3,(H,23,25)(H,24,26)/t19-,20-/m1/s1. The lowest BCUT2D eigenvalue weighted by Gasteiger charge is -2.33. The maximum Gasteiger partial charge on any atom is 0.251 e. The molecule has 136 valence electrons. The second-order valence-corrected chi connectivity index (χ2v) is 7.18. The van der Waals surface area contributed by atoms with Gasteiger partial charge in [-0.15, -0.1) is 0 Å². The lowest BCUT2D eigenvalue weighted by atomic mass is 9.89. The van der Waals surface area contributed by atoms with Gasteiger partial charge < -0.3 is 10.6 Å². The van der Waals surface area contributed by atoms with Crippen LogP contribution in [0.1, 0.15) is 57.5 Å². The molecule has 0 radical (unpaired) electrons. The van der Waals surface area contributed by atoms with Gasteiger partial charge >= 0.3 is 0 Å². The van der Waals surface area contributed by atoms with Gasteiger partial charge in [0.1, 0.15) is 0 Å². The first-order valence-corrected chi connectivity index (χ1v) is 9.28. The van der Waals surface area contributed by atoms with Crippen LogP contribution in [0.5, 0.6) is 0 Å². The highest BCUT2D eigenvalue weighted by Crippen LogP contribution is 2.20.